The molecule has 0 amide bonds. The van der Waals surface area contributed by atoms with Crippen LogP contribution in [0.15, 0.2) is 42.5 Å². The molecular weight excluding hydrogens is 282 g/mol. The zero-order valence-electron chi connectivity index (χ0n) is 11.2. The van der Waals surface area contributed by atoms with Gasteiger partial charge in [-0.2, -0.15) is 0 Å². The third kappa shape index (κ3) is 2.93. The second kappa shape index (κ2) is 6.23. The average molecular weight is 297 g/mol. The maximum atomic E-state index is 14.0. The van der Waals surface area contributed by atoms with Crippen LogP contribution in [-0.4, -0.2) is 7.11 Å². The van der Waals surface area contributed by atoms with Crippen molar-refractivity contribution in [2.45, 2.75) is 18.2 Å². The zero-order valence-corrected chi connectivity index (χ0v) is 12.0. The third-order valence-corrected chi connectivity index (χ3v) is 3.92. The Morgan fingerprint density at radius 1 is 1.05 bits per heavy atom. The van der Waals surface area contributed by atoms with Crippen LogP contribution < -0.4 is 4.74 Å². The van der Waals surface area contributed by atoms with Gasteiger partial charge < -0.3 is 4.74 Å². The summed E-state index contributed by atoms with van der Waals surface area (Å²) in [7, 11) is 1.36. The Labute approximate surface area is 122 Å². The molecule has 0 bridgehead atoms. The summed E-state index contributed by atoms with van der Waals surface area (Å²) in [6.07, 6.45) is 0. The van der Waals surface area contributed by atoms with Gasteiger partial charge in [0.1, 0.15) is 17.4 Å². The molecule has 1 nitrogen and oxygen atoms in total. The van der Waals surface area contributed by atoms with Gasteiger partial charge in [-0.15, -0.1) is 11.6 Å². The largest absolute Gasteiger partial charge is 0.497 e. The van der Waals surface area contributed by atoms with Crippen molar-refractivity contribution < 1.29 is 13.5 Å². The average Bonchev–Trinajstić information content (AvgIpc) is 2.46. The van der Waals surface area contributed by atoms with Gasteiger partial charge in [0, 0.05) is 23.6 Å². The number of rotatable bonds is 4. The van der Waals surface area contributed by atoms with Gasteiger partial charge in [0.25, 0.3) is 0 Å². The van der Waals surface area contributed by atoms with Crippen molar-refractivity contribution in [3.63, 3.8) is 0 Å². The normalized spacial score (nSPS) is 13.8. The lowest BCUT2D eigenvalue weighted by atomic mass is 9.92. The minimum absolute atomic E-state index is 0.121. The molecule has 4 heteroatoms. The molecular formula is C16H15ClF2O. The van der Waals surface area contributed by atoms with Crippen LogP contribution in [0.5, 0.6) is 5.75 Å². The van der Waals surface area contributed by atoms with Gasteiger partial charge in [0.2, 0.25) is 0 Å². The van der Waals surface area contributed by atoms with E-state index < -0.39 is 17.0 Å². The number of hydrogen-bond donors (Lipinski definition) is 0. The van der Waals surface area contributed by atoms with E-state index in [0.29, 0.717) is 0 Å². The molecule has 0 spiro atoms. The van der Waals surface area contributed by atoms with E-state index in [1.165, 1.54) is 7.11 Å². The van der Waals surface area contributed by atoms with E-state index in [1.54, 1.807) is 0 Å². The minimum atomic E-state index is -0.789. The molecule has 0 aliphatic carbocycles. The van der Waals surface area contributed by atoms with Crippen LogP contribution in [0.4, 0.5) is 8.78 Å². The molecule has 2 unspecified atom stereocenters. The summed E-state index contributed by atoms with van der Waals surface area (Å²) in [5.74, 6) is -1.45. The van der Waals surface area contributed by atoms with Crippen LogP contribution in [0.2, 0.25) is 0 Å². The lowest BCUT2D eigenvalue weighted by Gasteiger charge is -2.20. The Hall–Kier alpha value is -1.61. The van der Waals surface area contributed by atoms with E-state index in [9.17, 15) is 8.78 Å². The van der Waals surface area contributed by atoms with Gasteiger partial charge >= 0.3 is 0 Å². The molecule has 2 rings (SSSR count). The highest BCUT2D eigenvalue weighted by Crippen LogP contribution is 2.39. The number of hydrogen-bond acceptors (Lipinski definition) is 1. The highest BCUT2D eigenvalue weighted by atomic mass is 35.5. The molecule has 0 aromatic heterocycles. The summed E-state index contributed by atoms with van der Waals surface area (Å²) in [5, 5.41) is -0.789. The molecule has 2 aromatic carbocycles. The van der Waals surface area contributed by atoms with Crippen LogP contribution in [0.25, 0.3) is 0 Å². The maximum absolute atomic E-state index is 14.0. The Morgan fingerprint density at radius 3 is 2.10 bits per heavy atom. The molecule has 0 aliphatic rings. The van der Waals surface area contributed by atoms with E-state index in [0.717, 1.165) is 17.7 Å². The van der Waals surface area contributed by atoms with Gasteiger partial charge in [-0.1, -0.05) is 37.3 Å². The summed E-state index contributed by atoms with van der Waals surface area (Å²) < 4.78 is 32.9. The Kier molecular flexibility index (Phi) is 4.61. The molecule has 0 aliphatic heterocycles. The van der Waals surface area contributed by atoms with Gasteiger partial charge in [-0.3, -0.25) is 0 Å². The van der Waals surface area contributed by atoms with Crippen LogP contribution in [-0.2, 0) is 0 Å². The minimum Gasteiger partial charge on any atom is -0.497 e. The quantitative estimate of drug-likeness (QED) is 0.717. The summed E-state index contributed by atoms with van der Waals surface area (Å²) in [5.41, 5.74) is 0.811. The summed E-state index contributed by atoms with van der Waals surface area (Å²) in [6.45, 7) is 1.84. The molecule has 0 radical (unpaired) electrons. The van der Waals surface area contributed by atoms with Crippen molar-refractivity contribution in [2.24, 2.45) is 0 Å². The molecule has 0 fully saturated rings. The summed E-state index contributed by atoms with van der Waals surface area (Å²) in [4.78, 5) is 0. The van der Waals surface area contributed by atoms with Crippen LogP contribution >= 0.6 is 11.6 Å². The van der Waals surface area contributed by atoms with E-state index in [4.69, 9.17) is 16.3 Å². The van der Waals surface area contributed by atoms with Gasteiger partial charge in [0.05, 0.1) is 12.5 Å². The van der Waals surface area contributed by atoms with E-state index in [-0.39, 0.29) is 17.2 Å². The Bertz CT molecular complexity index is 563. The molecule has 0 N–H and O–H groups in total. The molecule has 2 atom stereocenters. The number of alkyl halides is 1. The lowest BCUT2D eigenvalue weighted by molar-refractivity contribution is 0.404. The number of ether oxygens (including phenoxy) is 1. The van der Waals surface area contributed by atoms with Crippen molar-refractivity contribution in [1.29, 1.82) is 0 Å². The van der Waals surface area contributed by atoms with Crippen LogP contribution in [0.3, 0.4) is 0 Å². The van der Waals surface area contributed by atoms with Crippen molar-refractivity contribution in [3.05, 3.63) is 65.2 Å². The van der Waals surface area contributed by atoms with Crippen LogP contribution in [0.1, 0.15) is 29.3 Å². The summed E-state index contributed by atoms with van der Waals surface area (Å²) in [6, 6.07) is 11.7. The Morgan fingerprint density at radius 2 is 1.60 bits per heavy atom. The Balaban J connectivity index is 2.36. The predicted octanol–water partition coefficient (Wildman–Crippen LogP) is 5.06. The first-order valence-electron chi connectivity index (χ1n) is 6.26. The molecule has 2 aromatic rings. The fraction of sp³-hybridized carbons (Fsp3) is 0.250. The molecule has 0 saturated heterocycles. The number of benzene rings is 2. The van der Waals surface area contributed by atoms with Gasteiger partial charge in [-0.25, -0.2) is 8.78 Å². The SMILES string of the molecule is COc1cc(F)c(C(Cl)C(C)c2ccccc2)c(F)c1. The summed E-state index contributed by atoms with van der Waals surface area (Å²) >= 11 is 6.28. The van der Waals surface area contributed by atoms with Crippen molar-refractivity contribution in [2.75, 3.05) is 7.11 Å². The topological polar surface area (TPSA) is 9.23 Å². The highest BCUT2D eigenvalue weighted by Gasteiger charge is 2.25. The molecule has 20 heavy (non-hydrogen) atoms. The first-order valence-corrected chi connectivity index (χ1v) is 6.70. The fourth-order valence-electron chi connectivity index (χ4n) is 2.12. The first kappa shape index (κ1) is 14.8. The number of halogens is 3. The van der Waals surface area contributed by atoms with Gasteiger partial charge in [0.15, 0.2) is 0 Å². The first-order chi connectivity index (χ1) is 9.54. The smallest absolute Gasteiger partial charge is 0.134 e. The van der Waals surface area contributed by atoms with Gasteiger partial charge in [-0.05, 0) is 5.56 Å². The van der Waals surface area contributed by atoms with E-state index in [2.05, 4.69) is 0 Å². The maximum Gasteiger partial charge on any atom is 0.134 e. The second-order valence-corrected chi connectivity index (χ2v) is 5.08. The standard InChI is InChI=1S/C16H15ClF2O/c1-10(11-6-4-3-5-7-11)16(17)15-13(18)8-12(20-2)9-14(15)19/h3-10,16H,1-2H3. The highest BCUT2D eigenvalue weighted by molar-refractivity contribution is 6.21. The van der Waals surface area contributed by atoms with E-state index >= 15 is 0 Å². The monoisotopic (exact) mass is 296 g/mol. The predicted molar refractivity (Wildman–Crippen MR) is 76.4 cm³/mol. The zero-order chi connectivity index (χ0) is 14.7. The molecule has 106 valence electrons. The molecule has 0 saturated carbocycles. The second-order valence-electron chi connectivity index (χ2n) is 4.61. The van der Waals surface area contributed by atoms with Crippen molar-refractivity contribution in [3.8, 4) is 5.75 Å². The lowest BCUT2D eigenvalue weighted by Crippen LogP contribution is -2.07. The molecule has 0 heterocycles. The number of methoxy groups -OCH3 is 1. The third-order valence-electron chi connectivity index (χ3n) is 3.33. The van der Waals surface area contributed by atoms with E-state index in [1.807, 2.05) is 37.3 Å². The van der Waals surface area contributed by atoms with Crippen LogP contribution in [0, 0.1) is 11.6 Å². The fourth-order valence-corrected chi connectivity index (χ4v) is 2.47. The van der Waals surface area contributed by atoms with Crippen molar-refractivity contribution in [1.82, 2.24) is 0 Å². The van der Waals surface area contributed by atoms with Crippen molar-refractivity contribution >= 4 is 11.6 Å².